The Labute approximate surface area is 166 Å². The lowest BCUT2D eigenvalue weighted by Gasteiger charge is -2.15. The monoisotopic (exact) mass is 391 g/mol. The summed E-state index contributed by atoms with van der Waals surface area (Å²) in [6.45, 7) is 2.38. The Morgan fingerprint density at radius 1 is 1.17 bits per heavy atom. The van der Waals surface area contributed by atoms with E-state index in [9.17, 15) is 9.59 Å². The van der Waals surface area contributed by atoms with Crippen LogP contribution < -0.4 is 11.1 Å². The number of amides is 1. The van der Waals surface area contributed by atoms with Crippen LogP contribution in [-0.2, 0) is 11.3 Å². The maximum absolute atomic E-state index is 12.3. The quantitative estimate of drug-likeness (QED) is 0.523. The Kier molecular flexibility index (Phi) is 5.24. The van der Waals surface area contributed by atoms with E-state index in [1.807, 2.05) is 49.4 Å². The molecule has 8 heteroatoms. The Morgan fingerprint density at radius 3 is 2.72 bits per heavy atom. The highest BCUT2D eigenvalue weighted by molar-refractivity contribution is 5.76. The van der Waals surface area contributed by atoms with E-state index >= 15 is 0 Å². The summed E-state index contributed by atoms with van der Waals surface area (Å²) >= 11 is 0. The maximum Gasteiger partial charge on any atom is 0.419 e. The van der Waals surface area contributed by atoms with E-state index in [1.165, 1.54) is 6.33 Å². The van der Waals surface area contributed by atoms with Crippen molar-refractivity contribution in [1.29, 1.82) is 0 Å². The third kappa shape index (κ3) is 4.11. The molecule has 4 rings (SSSR count). The second kappa shape index (κ2) is 8.14. The van der Waals surface area contributed by atoms with Crippen LogP contribution in [-0.4, -0.2) is 25.2 Å². The lowest BCUT2D eigenvalue weighted by molar-refractivity contribution is -0.121. The first-order chi connectivity index (χ1) is 14.1. The Hall–Kier alpha value is -3.68. The minimum atomic E-state index is -0.396. The smallest absolute Gasteiger partial charge is 0.408 e. The molecule has 4 aromatic rings. The van der Waals surface area contributed by atoms with Gasteiger partial charge in [0.15, 0.2) is 5.58 Å². The van der Waals surface area contributed by atoms with Gasteiger partial charge in [0.2, 0.25) is 5.91 Å². The van der Waals surface area contributed by atoms with Crippen molar-refractivity contribution in [3.8, 4) is 5.69 Å². The SMILES string of the molecule is C[C@@H](NC(=O)CCCn1c(=O)oc2ccccc21)c1ccc(-n2cncn2)cc1. The van der Waals surface area contributed by atoms with Gasteiger partial charge in [-0.2, -0.15) is 5.10 Å². The first-order valence-electron chi connectivity index (χ1n) is 9.44. The molecular weight excluding hydrogens is 370 g/mol. The van der Waals surface area contributed by atoms with E-state index in [0.29, 0.717) is 25.0 Å². The number of nitrogens with one attached hydrogen (secondary N) is 1. The number of benzene rings is 2. The molecule has 2 aromatic heterocycles. The van der Waals surface area contributed by atoms with Gasteiger partial charge in [0.1, 0.15) is 12.7 Å². The number of hydrogen-bond donors (Lipinski definition) is 1. The van der Waals surface area contributed by atoms with E-state index in [2.05, 4.69) is 15.4 Å². The van der Waals surface area contributed by atoms with Gasteiger partial charge in [0.25, 0.3) is 0 Å². The first-order valence-corrected chi connectivity index (χ1v) is 9.44. The van der Waals surface area contributed by atoms with E-state index < -0.39 is 5.76 Å². The zero-order valence-corrected chi connectivity index (χ0v) is 16.0. The summed E-state index contributed by atoms with van der Waals surface area (Å²) in [4.78, 5) is 28.2. The van der Waals surface area contributed by atoms with Gasteiger partial charge in [-0.3, -0.25) is 9.36 Å². The van der Waals surface area contributed by atoms with Gasteiger partial charge in [0, 0.05) is 13.0 Å². The zero-order chi connectivity index (χ0) is 20.2. The molecule has 2 heterocycles. The van der Waals surface area contributed by atoms with Gasteiger partial charge < -0.3 is 9.73 Å². The predicted octanol–water partition coefficient (Wildman–Crippen LogP) is 2.83. The van der Waals surface area contributed by atoms with Gasteiger partial charge >= 0.3 is 5.76 Å². The Balaban J connectivity index is 1.31. The normalized spacial score (nSPS) is 12.2. The molecule has 0 bridgehead atoms. The van der Waals surface area contributed by atoms with Gasteiger partial charge in [-0.15, -0.1) is 0 Å². The van der Waals surface area contributed by atoms with Crippen molar-refractivity contribution < 1.29 is 9.21 Å². The molecule has 0 aliphatic heterocycles. The molecule has 2 aromatic carbocycles. The molecule has 8 nitrogen and oxygen atoms in total. The predicted molar refractivity (Wildman–Crippen MR) is 108 cm³/mol. The Bertz CT molecular complexity index is 1160. The number of aromatic nitrogens is 4. The number of nitrogens with zero attached hydrogens (tertiary/aromatic N) is 4. The topological polar surface area (TPSA) is 95.0 Å². The van der Waals surface area contributed by atoms with Crippen LogP contribution in [0.5, 0.6) is 0 Å². The number of para-hydroxylation sites is 2. The van der Waals surface area contributed by atoms with Gasteiger partial charge in [-0.1, -0.05) is 24.3 Å². The highest BCUT2D eigenvalue weighted by Crippen LogP contribution is 2.16. The van der Waals surface area contributed by atoms with Crippen molar-refractivity contribution in [3.63, 3.8) is 0 Å². The minimum Gasteiger partial charge on any atom is -0.408 e. The summed E-state index contributed by atoms with van der Waals surface area (Å²) in [7, 11) is 0. The van der Waals surface area contributed by atoms with Crippen molar-refractivity contribution in [1.82, 2.24) is 24.6 Å². The fraction of sp³-hybridized carbons (Fsp3) is 0.238. The fourth-order valence-corrected chi connectivity index (χ4v) is 3.28. The molecule has 0 spiro atoms. The summed E-state index contributed by atoms with van der Waals surface area (Å²) < 4.78 is 8.45. The molecule has 0 unspecified atom stereocenters. The van der Waals surface area contributed by atoms with E-state index in [4.69, 9.17) is 4.42 Å². The molecule has 0 fully saturated rings. The number of rotatable bonds is 7. The van der Waals surface area contributed by atoms with Crippen LogP contribution in [0.1, 0.15) is 31.4 Å². The first kappa shape index (κ1) is 18.7. The summed E-state index contributed by atoms with van der Waals surface area (Å²) in [6.07, 6.45) is 3.99. The van der Waals surface area contributed by atoms with Crippen LogP contribution in [0.25, 0.3) is 16.8 Å². The average Bonchev–Trinajstić information content (AvgIpc) is 3.36. The summed E-state index contributed by atoms with van der Waals surface area (Å²) in [5.74, 6) is -0.453. The van der Waals surface area contributed by atoms with Crippen molar-refractivity contribution in [2.45, 2.75) is 32.4 Å². The third-order valence-electron chi connectivity index (χ3n) is 4.81. The second-order valence-electron chi connectivity index (χ2n) is 6.81. The van der Waals surface area contributed by atoms with Crippen LogP contribution in [0.15, 0.2) is 70.4 Å². The van der Waals surface area contributed by atoms with Crippen LogP contribution in [0.4, 0.5) is 0 Å². The van der Waals surface area contributed by atoms with Crippen molar-refractivity contribution >= 4 is 17.0 Å². The highest BCUT2D eigenvalue weighted by Gasteiger charge is 2.12. The van der Waals surface area contributed by atoms with Gasteiger partial charge in [0.05, 0.1) is 17.2 Å². The lowest BCUT2D eigenvalue weighted by atomic mass is 10.1. The summed E-state index contributed by atoms with van der Waals surface area (Å²) in [5.41, 5.74) is 3.21. The molecule has 0 radical (unpaired) electrons. The molecule has 0 saturated carbocycles. The average molecular weight is 391 g/mol. The van der Waals surface area contributed by atoms with Crippen LogP contribution in [0, 0.1) is 0 Å². The number of oxazole rings is 1. The molecule has 29 heavy (non-hydrogen) atoms. The Morgan fingerprint density at radius 2 is 1.97 bits per heavy atom. The molecule has 148 valence electrons. The van der Waals surface area contributed by atoms with E-state index in [1.54, 1.807) is 21.6 Å². The van der Waals surface area contributed by atoms with Crippen LogP contribution >= 0.6 is 0 Å². The largest absolute Gasteiger partial charge is 0.419 e. The molecule has 0 aliphatic carbocycles. The molecule has 1 amide bonds. The summed E-state index contributed by atoms with van der Waals surface area (Å²) in [6, 6.07) is 14.9. The number of carbonyl (C=O) groups excluding carboxylic acids is 1. The number of aryl methyl sites for hydroxylation is 1. The minimum absolute atomic E-state index is 0.0568. The highest BCUT2D eigenvalue weighted by atomic mass is 16.4. The lowest BCUT2D eigenvalue weighted by Crippen LogP contribution is -2.27. The van der Waals surface area contributed by atoms with Crippen molar-refractivity contribution in [3.05, 3.63) is 77.3 Å². The van der Waals surface area contributed by atoms with Gasteiger partial charge in [-0.25, -0.2) is 14.5 Å². The number of fused-ring (bicyclic) bond motifs is 1. The summed E-state index contributed by atoms with van der Waals surface area (Å²) in [5, 5.41) is 7.09. The fourth-order valence-electron chi connectivity index (χ4n) is 3.28. The molecular formula is C21H21N5O3. The van der Waals surface area contributed by atoms with E-state index in [0.717, 1.165) is 16.8 Å². The maximum atomic E-state index is 12.3. The molecule has 1 N–H and O–H groups in total. The third-order valence-corrected chi connectivity index (χ3v) is 4.81. The standard InChI is InChI=1S/C21H21N5O3/c1-15(16-8-10-17(11-9-16)26-14-22-13-23-26)24-20(27)7-4-12-25-18-5-2-3-6-19(18)29-21(25)28/h2-3,5-6,8-11,13-15H,4,7,12H2,1H3,(H,24,27)/t15-/m1/s1. The van der Waals surface area contributed by atoms with Crippen molar-refractivity contribution in [2.75, 3.05) is 0 Å². The van der Waals surface area contributed by atoms with Gasteiger partial charge in [-0.05, 0) is 43.2 Å². The van der Waals surface area contributed by atoms with E-state index in [-0.39, 0.29) is 11.9 Å². The second-order valence-corrected chi connectivity index (χ2v) is 6.81. The van der Waals surface area contributed by atoms with Crippen LogP contribution in [0.3, 0.4) is 0 Å². The zero-order valence-electron chi connectivity index (χ0n) is 16.0. The van der Waals surface area contributed by atoms with Crippen LogP contribution in [0.2, 0.25) is 0 Å². The molecule has 1 atom stereocenters. The molecule has 0 saturated heterocycles. The van der Waals surface area contributed by atoms with Crippen molar-refractivity contribution in [2.24, 2.45) is 0 Å². The number of hydrogen-bond acceptors (Lipinski definition) is 5. The molecule has 0 aliphatic rings. The number of carbonyl (C=O) groups is 1.